The van der Waals surface area contributed by atoms with E-state index in [9.17, 15) is 0 Å². The van der Waals surface area contributed by atoms with Gasteiger partial charge in [-0.2, -0.15) is 0 Å². The molecule has 1 aromatic heterocycles. The number of fused-ring (bicyclic) bond motifs is 5. The molecule has 1 aliphatic heterocycles. The van der Waals surface area contributed by atoms with Crippen LogP contribution in [0.5, 0.6) is 11.5 Å². The van der Waals surface area contributed by atoms with Gasteiger partial charge in [0.2, 0.25) is 0 Å². The van der Waals surface area contributed by atoms with E-state index in [0.29, 0.717) is 0 Å². The summed E-state index contributed by atoms with van der Waals surface area (Å²) in [6, 6.07) is 69.1. The second-order valence-electron chi connectivity index (χ2n) is 13.3. The molecule has 0 N–H and O–H groups in total. The van der Waals surface area contributed by atoms with Crippen molar-refractivity contribution >= 4 is 21.9 Å². The van der Waals surface area contributed by atoms with Crippen LogP contribution in [0.2, 0.25) is 0 Å². The average molecular weight is 653 g/mol. The highest BCUT2D eigenvalue weighted by atomic mass is 16.5. The van der Waals surface area contributed by atoms with Crippen LogP contribution in [0.1, 0.15) is 22.3 Å². The second-order valence-corrected chi connectivity index (χ2v) is 13.3. The van der Waals surface area contributed by atoms with Crippen molar-refractivity contribution in [2.24, 2.45) is 0 Å². The van der Waals surface area contributed by atoms with E-state index in [0.717, 1.165) is 55.7 Å². The Hall–Kier alpha value is -6.64. The summed E-state index contributed by atoms with van der Waals surface area (Å²) in [5, 5.41) is 2.28. The van der Waals surface area contributed by atoms with E-state index in [4.69, 9.17) is 9.15 Å². The minimum Gasteiger partial charge on any atom is -0.457 e. The van der Waals surface area contributed by atoms with Crippen molar-refractivity contribution in [3.63, 3.8) is 0 Å². The summed E-state index contributed by atoms with van der Waals surface area (Å²) in [5.41, 5.74) is 13.0. The molecule has 9 aromatic rings. The van der Waals surface area contributed by atoms with Crippen molar-refractivity contribution in [3.05, 3.63) is 216 Å². The van der Waals surface area contributed by atoms with Crippen LogP contribution in [0.3, 0.4) is 0 Å². The molecule has 2 heterocycles. The molecule has 51 heavy (non-hydrogen) atoms. The predicted octanol–water partition coefficient (Wildman–Crippen LogP) is 13.1. The zero-order valence-corrected chi connectivity index (χ0v) is 27.8. The molecule has 0 saturated heterocycles. The van der Waals surface area contributed by atoms with Gasteiger partial charge < -0.3 is 9.15 Å². The van der Waals surface area contributed by atoms with Crippen LogP contribution in [0, 0.1) is 0 Å². The molecule has 0 radical (unpaired) electrons. The van der Waals surface area contributed by atoms with Crippen LogP contribution < -0.4 is 4.74 Å². The molecule has 8 aromatic carbocycles. The zero-order chi connectivity index (χ0) is 33.8. The molecule has 2 nitrogen and oxygen atoms in total. The van der Waals surface area contributed by atoms with E-state index in [1.54, 1.807) is 0 Å². The van der Waals surface area contributed by atoms with E-state index < -0.39 is 5.41 Å². The van der Waals surface area contributed by atoms with Crippen molar-refractivity contribution in [3.8, 4) is 44.9 Å². The molecule has 0 fully saturated rings. The second kappa shape index (κ2) is 11.8. The lowest BCUT2D eigenvalue weighted by atomic mass is 9.63. The normalized spacial score (nSPS) is 13.0. The summed E-state index contributed by atoms with van der Waals surface area (Å²) in [7, 11) is 0. The molecule has 240 valence electrons. The first-order valence-electron chi connectivity index (χ1n) is 17.4. The van der Waals surface area contributed by atoms with Crippen molar-refractivity contribution in [1.82, 2.24) is 0 Å². The quantitative estimate of drug-likeness (QED) is 0.185. The summed E-state index contributed by atoms with van der Waals surface area (Å²) in [6.45, 7) is 0. The zero-order valence-electron chi connectivity index (χ0n) is 27.8. The molecule has 10 rings (SSSR count). The molecule has 2 heteroatoms. The van der Waals surface area contributed by atoms with E-state index in [1.807, 2.05) is 12.1 Å². The van der Waals surface area contributed by atoms with Gasteiger partial charge >= 0.3 is 0 Å². The van der Waals surface area contributed by atoms with Crippen LogP contribution in [-0.2, 0) is 5.41 Å². The molecule has 0 amide bonds. The van der Waals surface area contributed by atoms with Crippen LogP contribution in [0.4, 0.5) is 0 Å². The van der Waals surface area contributed by atoms with Gasteiger partial charge in [-0.3, -0.25) is 0 Å². The van der Waals surface area contributed by atoms with Crippen LogP contribution in [0.15, 0.2) is 199 Å². The fourth-order valence-electron chi connectivity index (χ4n) is 8.03. The third kappa shape index (κ3) is 4.72. The number of hydrogen-bond acceptors (Lipinski definition) is 2. The summed E-state index contributed by atoms with van der Waals surface area (Å²) >= 11 is 0. The van der Waals surface area contributed by atoms with Crippen molar-refractivity contribution in [2.75, 3.05) is 0 Å². The van der Waals surface area contributed by atoms with Crippen molar-refractivity contribution in [2.45, 2.75) is 5.41 Å². The molecule has 0 atom stereocenters. The van der Waals surface area contributed by atoms with Gasteiger partial charge in [-0.25, -0.2) is 0 Å². The highest BCUT2D eigenvalue weighted by molar-refractivity contribution is 6.06. The van der Waals surface area contributed by atoms with E-state index >= 15 is 0 Å². The Morgan fingerprint density at radius 2 is 0.843 bits per heavy atom. The summed E-state index contributed by atoms with van der Waals surface area (Å²) < 4.78 is 12.8. The van der Waals surface area contributed by atoms with Gasteiger partial charge in [0.25, 0.3) is 0 Å². The topological polar surface area (TPSA) is 22.4 Å². The van der Waals surface area contributed by atoms with Crippen LogP contribution >= 0.6 is 0 Å². The summed E-state index contributed by atoms with van der Waals surface area (Å²) in [6.07, 6.45) is 0. The minimum absolute atomic E-state index is 0.524. The lowest BCUT2D eigenvalue weighted by molar-refractivity contribution is 0.435. The van der Waals surface area contributed by atoms with Gasteiger partial charge in [-0.15, -0.1) is 0 Å². The first-order valence-corrected chi connectivity index (χ1v) is 17.4. The number of hydrogen-bond donors (Lipinski definition) is 0. The van der Waals surface area contributed by atoms with Gasteiger partial charge in [0, 0.05) is 21.9 Å². The standard InChI is InChI=1S/C49H32O2/c1-3-14-39(15-4-1)49(40-16-5-2-6-17-40)43-19-8-10-21-47(43)51-48-32-38(26-28-44(48)49)36-13-11-12-35(30-36)33-22-24-34(25-23-33)37-27-29-46-42(31-37)41-18-7-9-20-45(41)50-46/h1-32H. The number of rotatable bonds is 5. The van der Waals surface area contributed by atoms with Crippen LogP contribution in [-0.4, -0.2) is 0 Å². The Balaban J connectivity index is 1.03. The van der Waals surface area contributed by atoms with Gasteiger partial charge in [0.1, 0.15) is 22.7 Å². The van der Waals surface area contributed by atoms with Crippen molar-refractivity contribution in [1.29, 1.82) is 0 Å². The molecule has 1 aliphatic rings. The maximum Gasteiger partial charge on any atom is 0.135 e. The van der Waals surface area contributed by atoms with Crippen molar-refractivity contribution < 1.29 is 9.15 Å². The third-order valence-corrected chi connectivity index (χ3v) is 10.4. The van der Waals surface area contributed by atoms with E-state index in [2.05, 4.69) is 182 Å². The van der Waals surface area contributed by atoms with E-state index in [-0.39, 0.29) is 0 Å². The SMILES string of the molecule is c1ccc(C2(c3ccccc3)c3ccccc3Oc3cc(-c4cccc(-c5ccc(-c6ccc7oc8ccccc8c7c6)cc5)c4)ccc32)cc1. The van der Waals surface area contributed by atoms with Gasteiger partial charge in [0.15, 0.2) is 0 Å². The van der Waals surface area contributed by atoms with E-state index in [1.165, 1.54) is 33.4 Å². The number of para-hydroxylation sites is 2. The Morgan fingerprint density at radius 3 is 1.59 bits per heavy atom. The molecular formula is C49H32O2. The fourth-order valence-corrected chi connectivity index (χ4v) is 8.03. The Labute approximate surface area is 296 Å². The highest BCUT2D eigenvalue weighted by Crippen LogP contribution is 2.55. The maximum absolute atomic E-state index is 6.75. The summed E-state index contributed by atoms with van der Waals surface area (Å²) in [4.78, 5) is 0. The molecular weight excluding hydrogens is 621 g/mol. The maximum atomic E-state index is 6.75. The Morgan fingerprint density at radius 1 is 0.314 bits per heavy atom. The predicted molar refractivity (Wildman–Crippen MR) is 208 cm³/mol. The first-order chi connectivity index (χ1) is 25.3. The average Bonchev–Trinajstić information content (AvgIpc) is 3.58. The monoisotopic (exact) mass is 652 g/mol. The largest absolute Gasteiger partial charge is 0.457 e. The molecule has 0 bridgehead atoms. The fraction of sp³-hybridized carbons (Fsp3) is 0.0204. The summed E-state index contributed by atoms with van der Waals surface area (Å²) in [5.74, 6) is 1.75. The smallest absolute Gasteiger partial charge is 0.135 e. The highest BCUT2D eigenvalue weighted by Gasteiger charge is 2.45. The number of furan rings is 1. The lowest BCUT2D eigenvalue weighted by Crippen LogP contribution is -2.34. The Bertz CT molecular complexity index is 2660. The van der Waals surface area contributed by atoms with Gasteiger partial charge in [0.05, 0.1) is 5.41 Å². The van der Waals surface area contributed by atoms with Gasteiger partial charge in [-0.05, 0) is 80.9 Å². The third-order valence-electron chi connectivity index (χ3n) is 10.4. The number of ether oxygens (including phenoxy) is 1. The number of benzene rings is 8. The first kappa shape index (κ1) is 29.3. The molecule has 0 spiro atoms. The molecule has 0 saturated carbocycles. The molecule has 0 unspecified atom stereocenters. The Kier molecular flexibility index (Phi) is 6.75. The van der Waals surface area contributed by atoms with Crippen LogP contribution in [0.25, 0.3) is 55.3 Å². The lowest BCUT2D eigenvalue weighted by Gasteiger charge is -2.41. The van der Waals surface area contributed by atoms with Gasteiger partial charge in [-0.1, -0.05) is 158 Å². The molecule has 0 aliphatic carbocycles. The minimum atomic E-state index is -0.524.